The van der Waals surface area contributed by atoms with Gasteiger partial charge in [-0.2, -0.15) is 0 Å². The van der Waals surface area contributed by atoms with Crippen LogP contribution in [0.3, 0.4) is 0 Å². The second-order valence-electron chi connectivity index (χ2n) is 8.28. The number of amides is 3. The number of aliphatic hydroxyl groups excluding tert-OH is 1. The second kappa shape index (κ2) is 10.8. The van der Waals surface area contributed by atoms with Crippen molar-refractivity contribution in [3.63, 3.8) is 0 Å². The molecule has 0 spiro atoms. The molecule has 0 bridgehead atoms. The standard InChI is InChI=1S/C21H33N3O6/c1-13(2)22-18(27)17(15-7-9-16(26)10-8-15)24(11-12-25)19(28)14(3)23-20(29)30-21(4,5)6/h7-10,13-14,17,25-26H,11-12H2,1-6H3,(H,22,27)(H,23,29). The minimum Gasteiger partial charge on any atom is -0.508 e. The van der Waals surface area contributed by atoms with Crippen molar-refractivity contribution in [2.75, 3.05) is 13.2 Å². The van der Waals surface area contributed by atoms with E-state index in [1.807, 2.05) is 0 Å². The Morgan fingerprint density at radius 2 is 1.63 bits per heavy atom. The number of ether oxygens (including phenoxy) is 1. The highest BCUT2D eigenvalue weighted by atomic mass is 16.6. The Labute approximate surface area is 177 Å². The zero-order valence-electron chi connectivity index (χ0n) is 18.4. The summed E-state index contributed by atoms with van der Waals surface area (Å²) in [6.45, 7) is 9.65. The second-order valence-corrected chi connectivity index (χ2v) is 8.28. The molecule has 168 valence electrons. The molecule has 0 fully saturated rings. The topological polar surface area (TPSA) is 128 Å². The summed E-state index contributed by atoms with van der Waals surface area (Å²) in [6, 6.07) is 3.64. The third-order valence-electron chi connectivity index (χ3n) is 3.93. The SMILES string of the molecule is CC(C)NC(=O)C(c1ccc(O)cc1)N(CCO)C(=O)C(C)NC(=O)OC(C)(C)C. The molecule has 3 amide bonds. The monoisotopic (exact) mass is 423 g/mol. The fourth-order valence-electron chi connectivity index (χ4n) is 2.76. The molecule has 2 unspecified atom stereocenters. The number of nitrogens with one attached hydrogen (secondary N) is 2. The van der Waals surface area contributed by atoms with E-state index >= 15 is 0 Å². The summed E-state index contributed by atoms with van der Waals surface area (Å²) in [5, 5.41) is 24.3. The maximum Gasteiger partial charge on any atom is 0.408 e. The maximum absolute atomic E-state index is 13.1. The van der Waals surface area contributed by atoms with Gasteiger partial charge in [0.1, 0.15) is 23.4 Å². The van der Waals surface area contributed by atoms with Crippen LogP contribution >= 0.6 is 0 Å². The van der Waals surface area contributed by atoms with Gasteiger partial charge in [-0.25, -0.2) is 4.79 Å². The van der Waals surface area contributed by atoms with Crippen LogP contribution in [0.25, 0.3) is 0 Å². The van der Waals surface area contributed by atoms with Crippen LogP contribution in [0.15, 0.2) is 24.3 Å². The van der Waals surface area contributed by atoms with E-state index in [0.717, 1.165) is 0 Å². The Bertz CT molecular complexity index is 727. The molecule has 0 saturated carbocycles. The van der Waals surface area contributed by atoms with Crippen LogP contribution in [-0.2, 0) is 14.3 Å². The lowest BCUT2D eigenvalue weighted by Crippen LogP contribution is -2.53. The predicted molar refractivity (Wildman–Crippen MR) is 112 cm³/mol. The first kappa shape index (κ1) is 25.2. The Morgan fingerprint density at radius 1 is 1.07 bits per heavy atom. The van der Waals surface area contributed by atoms with Crippen molar-refractivity contribution in [2.24, 2.45) is 0 Å². The summed E-state index contributed by atoms with van der Waals surface area (Å²) in [5.41, 5.74) is -0.277. The summed E-state index contributed by atoms with van der Waals surface area (Å²) in [4.78, 5) is 39.3. The van der Waals surface area contributed by atoms with E-state index < -0.39 is 35.6 Å². The van der Waals surface area contributed by atoms with E-state index in [1.165, 1.54) is 36.1 Å². The smallest absolute Gasteiger partial charge is 0.408 e. The quantitative estimate of drug-likeness (QED) is 0.504. The van der Waals surface area contributed by atoms with Crippen molar-refractivity contribution in [2.45, 2.75) is 65.3 Å². The fourth-order valence-corrected chi connectivity index (χ4v) is 2.76. The minimum absolute atomic E-state index is 0.0155. The normalized spacial score (nSPS) is 13.3. The summed E-state index contributed by atoms with van der Waals surface area (Å²) in [6.07, 6.45) is -0.764. The number of aromatic hydroxyl groups is 1. The maximum atomic E-state index is 13.1. The molecule has 0 aliphatic heterocycles. The molecule has 30 heavy (non-hydrogen) atoms. The molecule has 0 aromatic heterocycles. The Hall–Kier alpha value is -2.81. The minimum atomic E-state index is -1.06. The first-order chi connectivity index (χ1) is 13.9. The van der Waals surface area contributed by atoms with Crippen LogP contribution in [0.1, 0.15) is 53.1 Å². The van der Waals surface area contributed by atoms with Gasteiger partial charge in [0.2, 0.25) is 11.8 Å². The van der Waals surface area contributed by atoms with Crippen molar-refractivity contribution in [3.8, 4) is 5.75 Å². The van der Waals surface area contributed by atoms with Gasteiger partial charge in [0.25, 0.3) is 0 Å². The van der Waals surface area contributed by atoms with Gasteiger partial charge < -0.3 is 30.5 Å². The summed E-state index contributed by atoms with van der Waals surface area (Å²) < 4.78 is 5.18. The molecule has 2 atom stereocenters. The number of phenolic OH excluding ortho intramolecular Hbond substituents is 1. The number of hydrogen-bond donors (Lipinski definition) is 4. The lowest BCUT2D eigenvalue weighted by Gasteiger charge is -2.33. The van der Waals surface area contributed by atoms with E-state index in [4.69, 9.17) is 4.74 Å². The predicted octanol–water partition coefficient (Wildman–Crippen LogP) is 1.69. The van der Waals surface area contributed by atoms with Crippen molar-refractivity contribution in [1.29, 1.82) is 0 Å². The molecular weight excluding hydrogens is 390 g/mol. The molecule has 1 aromatic rings. The Balaban J connectivity index is 3.19. The lowest BCUT2D eigenvalue weighted by atomic mass is 10.0. The largest absolute Gasteiger partial charge is 0.508 e. The average Bonchev–Trinajstić information content (AvgIpc) is 2.59. The van der Waals surface area contributed by atoms with Gasteiger partial charge in [0, 0.05) is 12.6 Å². The molecule has 9 nitrogen and oxygen atoms in total. The van der Waals surface area contributed by atoms with Crippen LogP contribution in [-0.4, -0.2) is 63.9 Å². The van der Waals surface area contributed by atoms with E-state index in [9.17, 15) is 24.6 Å². The van der Waals surface area contributed by atoms with Crippen molar-refractivity contribution in [3.05, 3.63) is 29.8 Å². The van der Waals surface area contributed by atoms with Crippen molar-refractivity contribution >= 4 is 17.9 Å². The molecule has 9 heteroatoms. The number of carbonyl (C=O) groups is 3. The highest BCUT2D eigenvalue weighted by Gasteiger charge is 2.34. The third kappa shape index (κ3) is 7.90. The Morgan fingerprint density at radius 3 is 2.10 bits per heavy atom. The van der Waals surface area contributed by atoms with Gasteiger partial charge in [-0.1, -0.05) is 12.1 Å². The molecule has 0 aliphatic carbocycles. The van der Waals surface area contributed by atoms with Gasteiger partial charge >= 0.3 is 6.09 Å². The summed E-state index contributed by atoms with van der Waals surface area (Å²) in [7, 11) is 0. The van der Waals surface area contributed by atoms with Crippen LogP contribution in [0, 0.1) is 0 Å². The summed E-state index contributed by atoms with van der Waals surface area (Å²) >= 11 is 0. The van der Waals surface area contributed by atoms with Crippen LogP contribution in [0.4, 0.5) is 4.79 Å². The number of alkyl carbamates (subject to hydrolysis) is 1. The van der Waals surface area contributed by atoms with Gasteiger partial charge in [0.15, 0.2) is 0 Å². The number of aliphatic hydroxyl groups is 1. The number of hydrogen-bond acceptors (Lipinski definition) is 6. The molecule has 1 rings (SSSR count). The van der Waals surface area contributed by atoms with E-state index in [-0.39, 0.29) is 24.9 Å². The highest BCUT2D eigenvalue weighted by molar-refractivity contribution is 5.92. The van der Waals surface area contributed by atoms with Crippen LogP contribution in [0.2, 0.25) is 0 Å². The van der Waals surface area contributed by atoms with Gasteiger partial charge in [0.05, 0.1) is 6.61 Å². The molecule has 4 N–H and O–H groups in total. The van der Waals surface area contributed by atoms with E-state index in [1.54, 1.807) is 34.6 Å². The average molecular weight is 424 g/mol. The number of carbonyl (C=O) groups excluding carboxylic acids is 3. The molecule has 0 saturated heterocycles. The first-order valence-corrected chi connectivity index (χ1v) is 9.86. The highest BCUT2D eigenvalue weighted by Crippen LogP contribution is 2.24. The van der Waals surface area contributed by atoms with Crippen molar-refractivity contribution in [1.82, 2.24) is 15.5 Å². The molecular formula is C21H33N3O6. The molecule has 0 aliphatic rings. The summed E-state index contributed by atoms with van der Waals surface area (Å²) in [5.74, 6) is -0.990. The lowest BCUT2D eigenvalue weighted by molar-refractivity contribution is -0.143. The van der Waals surface area contributed by atoms with E-state index in [0.29, 0.717) is 5.56 Å². The Kier molecular flexibility index (Phi) is 9.10. The van der Waals surface area contributed by atoms with E-state index in [2.05, 4.69) is 10.6 Å². The third-order valence-corrected chi connectivity index (χ3v) is 3.93. The van der Waals surface area contributed by atoms with Gasteiger partial charge in [-0.3, -0.25) is 9.59 Å². The van der Waals surface area contributed by atoms with Crippen LogP contribution < -0.4 is 10.6 Å². The fraction of sp³-hybridized carbons (Fsp3) is 0.571. The number of benzene rings is 1. The molecule has 0 radical (unpaired) electrons. The first-order valence-electron chi connectivity index (χ1n) is 9.86. The van der Waals surface area contributed by atoms with Crippen LogP contribution in [0.5, 0.6) is 5.75 Å². The number of phenols is 1. The van der Waals surface area contributed by atoms with Gasteiger partial charge in [-0.05, 0) is 59.2 Å². The molecule has 0 heterocycles. The number of nitrogens with zero attached hydrogens (tertiary/aromatic N) is 1. The van der Waals surface area contributed by atoms with Crippen molar-refractivity contribution < 1.29 is 29.3 Å². The number of rotatable bonds is 8. The molecule has 1 aromatic carbocycles. The zero-order valence-corrected chi connectivity index (χ0v) is 18.4. The van der Waals surface area contributed by atoms with Gasteiger partial charge in [-0.15, -0.1) is 0 Å². The zero-order chi connectivity index (χ0) is 23.1.